The zero-order valence-electron chi connectivity index (χ0n) is 71.6. The number of likely N-dealkylation sites (N-methyl/N-ethyl adjacent to an activating group) is 4. The maximum absolute atomic E-state index is 13.6. The lowest BCUT2D eigenvalue weighted by Crippen LogP contribution is -2.36. The lowest BCUT2D eigenvalue weighted by molar-refractivity contribution is 0.122. The first-order chi connectivity index (χ1) is 60.1. The molecule has 128 heavy (non-hydrogen) atoms. The number of hydrogen-bond donors (Lipinski definition) is 0. The van der Waals surface area contributed by atoms with Gasteiger partial charge in [0.1, 0.15) is 0 Å². The summed E-state index contributed by atoms with van der Waals surface area (Å²) in [7, 11) is -6.44. The van der Waals surface area contributed by atoms with E-state index in [0.717, 1.165) is 193 Å². The average molecular weight is 1880 g/mol. The summed E-state index contributed by atoms with van der Waals surface area (Å²) in [5, 5.41) is 3.83. The van der Waals surface area contributed by atoms with Crippen LogP contribution in [0.1, 0.15) is 47.9 Å². The third-order valence-electron chi connectivity index (χ3n) is 24.0. The minimum atomic E-state index is -3.73. The molecular formula is C98H104Cl4N12O10S4. The zero-order valence-corrected chi connectivity index (χ0v) is 78.1. The molecule has 20 rings (SSSR count). The van der Waals surface area contributed by atoms with Crippen LogP contribution in [0.15, 0.2) is 312 Å². The summed E-state index contributed by atoms with van der Waals surface area (Å²) in [6.07, 6.45) is 23.1. The smallest absolute Gasteiger partial charge is 0.268 e. The minimum absolute atomic E-state index is 0. The number of ether oxygens (including phenoxy) is 2. The summed E-state index contributed by atoms with van der Waals surface area (Å²) >= 11 is 0. The fraction of sp³-hybridized carbons (Fsp3) is 0.245. The molecule has 6 aliphatic rings. The van der Waals surface area contributed by atoms with Crippen molar-refractivity contribution in [3.05, 3.63) is 314 Å². The fourth-order valence-corrected chi connectivity index (χ4v) is 22.4. The average Bonchev–Trinajstić information content (AvgIpc) is 1.61. The quantitative estimate of drug-likeness (QED) is 0.0877. The van der Waals surface area contributed by atoms with Gasteiger partial charge in [-0.1, -0.05) is 133 Å². The van der Waals surface area contributed by atoms with Gasteiger partial charge in [0.05, 0.1) is 79.5 Å². The van der Waals surface area contributed by atoms with Gasteiger partial charge < -0.3 is 38.9 Å². The molecule has 0 spiro atoms. The van der Waals surface area contributed by atoms with E-state index in [9.17, 15) is 33.7 Å². The number of anilines is 2. The van der Waals surface area contributed by atoms with Crippen LogP contribution in [0.3, 0.4) is 0 Å². The van der Waals surface area contributed by atoms with E-state index >= 15 is 0 Å². The predicted octanol–water partition coefficient (Wildman–Crippen LogP) is 17.9. The molecular weight excluding hydrogens is 1780 g/mol. The summed E-state index contributed by atoms with van der Waals surface area (Å²) in [5.41, 5.74) is 17.2. The highest BCUT2D eigenvalue weighted by molar-refractivity contribution is 7.91. The van der Waals surface area contributed by atoms with Gasteiger partial charge in [0.15, 0.2) is 0 Å². The molecule has 0 aliphatic carbocycles. The Balaban J connectivity index is 0.000000144. The summed E-state index contributed by atoms with van der Waals surface area (Å²) < 4.78 is 125. The van der Waals surface area contributed by atoms with Crippen LogP contribution in [0, 0.1) is 0 Å². The Hall–Kier alpha value is -10.5. The molecule has 2 fully saturated rings. The summed E-state index contributed by atoms with van der Waals surface area (Å²) in [6, 6.07) is 70.2. The van der Waals surface area contributed by atoms with E-state index in [0.29, 0.717) is 47.3 Å². The van der Waals surface area contributed by atoms with Crippen molar-refractivity contribution in [1.29, 1.82) is 0 Å². The summed E-state index contributed by atoms with van der Waals surface area (Å²) in [6.45, 7) is 13.4. The standard InChI is InChI=1S/2C25H23N3O2S.2C24H27N3O3S.4ClH/c1-27-15-12-19(13-16-27)23-18-28(31(29,30)21-7-3-2-4-8-21)25-11-10-20(17-22(23)25)24-9-5-6-14-26-24;1-27-15-12-19(13-16-27)23-18-28(31(29,30)21-7-3-2-4-8-21)25-17-20(10-11-22(23)25)24-9-5-6-14-26-24;1-25-11-9-19(10-12-25)23-18-27(31(28,29)21-5-3-2-4-6-21)24-8-7-20(17-22(23)24)26-13-15-30-16-14-26;1-25-11-9-19(10-12-25)23-18-27(31(28,29)21-5-3-2-4-6-21)24-17-20(7-8-22(23)24)26-13-15-30-16-14-26;;;;/h2*2-12,14,17-18H,13,15-16H2,1H3;2*2-9,17-18H,10-16H2,1H3;4*1H. The number of pyridine rings is 2. The van der Waals surface area contributed by atoms with Crippen molar-refractivity contribution in [2.45, 2.75) is 45.3 Å². The van der Waals surface area contributed by atoms with Crippen LogP contribution in [0.4, 0.5) is 11.4 Å². The van der Waals surface area contributed by atoms with Gasteiger partial charge in [-0.05, 0) is 197 Å². The van der Waals surface area contributed by atoms with Crippen LogP contribution in [0.5, 0.6) is 0 Å². The zero-order chi connectivity index (χ0) is 85.7. The fourth-order valence-electron chi connectivity index (χ4n) is 16.9. The molecule has 14 aromatic rings. The predicted molar refractivity (Wildman–Crippen MR) is 526 cm³/mol. The third-order valence-corrected chi connectivity index (χ3v) is 30.7. The van der Waals surface area contributed by atoms with Gasteiger partial charge in [-0.15, -0.1) is 49.6 Å². The highest BCUT2D eigenvalue weighted by atomic mass is 35.5. The summed E-state index contributed by atoms with van der Waals surface area (Å²) in [4.78, 5) is 23.7. The van der Waals surface area contributed by atoms with E-state index in [1.165, 1.54) is 38.2 Å². The van der Waals surface area contributed by atoms with Crippen LogP contribution in [0.25, 0.3) is 88.4 Å². The van der Waals surface area contributed by atoms with E-state index in [2.05, 4.69) is 116 Å². The number of hydrogen-bond acceptors (Lipinski definition) is 18. The van der Waals surface area contributed by atoms with Crippen molar-refractivity contribution >= 4 is 167 Å². The molecule has 0 N–H and O–H groups in total. The second kappa shape index (κ2) is 41.5. The van der Waals surface area contributed by atoms with Crippen molar-refractivity contribution in [2.24, 2.45) is 0 Å². The van der Waals surface area contributed by atoms with E-state index in [1.54, 1.807) is 122 Å². The molecule has 0 atom stereocenters. The first kappa shape index (κ1) is 95.1. The van der Waals surface area contributed by atoms with E-state index in [1.807, 2.05) is 122 Å². The van der Waals surface area contributed by atoms with Gasteiger partial charge in [0.25, 0.3) is 40.1 Å². The molecule has 30 heteroatoms. The Kier molecular flexibility index (Phi) is 30.8. The van der Waals surface area contributed by atoms with E-state index in [-0.39, 0.29) is 59.4 Å². The first-order valence-electron chi connectivity index (χ1n) is 42.0. The van der Waals surface area contributed by atoms with Gasteiger partial charge in [-0.3, -0.25) is 9.97 Å². The number of aromatic nitrogens is 6. The Morgan fingerprint density at radius 3 is 0.914 bits per heavy atom. The largest absolute Gasteiger partial charge is 0.378 e. The van der Waals surface area contributed by atoms with Crippen LogP contribution in [-0.4, -0.2) is 212 Å². The molecule has 22 nitrogen and oxygen atoms in total. The molecule has 2 saturated heterocycles. The van der Waals surface area contributed by atoms with Crippen molar-refractivity contribution in [3.8, 4) is 22.5 Å². The maximum atomic E-state index is 13.6. The number of halogens is 4. The third kappa shape index (κ3) is 20.2. The number of benzene rings is 8. The topological polar surface area (TPSA) is 220 Å². The van der Waals surface area contributed by atoms with Crippen molar-refractivity contribution in [3.63, 3.8) is 0 Å². The lowest BCUT2D eigenvalue weighted by Gasteiger charge is -2.29. The van der Waals surface area contributed by atoms with Crippen molar-refractivity contribution in [1.82, 2.24) is 45.5 Å². The molecule has 6 aromatic heterocycles. The minimum Gasteiger partial charge on any atom is -0.378 e. The van der Waals surface area contributed by atoms with Crippen LogP contribution in [0.2, 0.25) is 0 Å². The highest BCUT2D eigenvalue weighted by Crippen LogP contribution is 2.41. The molecule has 0 bridgehead atoms. The Bertz CT molecular complexity index is 6870. The Labute approximate surface area is 774 Å². The molecule has 0 saturated carbocycles. The number of fused-ring (bicyclic) bond motifs is 4. The van der Waals surface area contributed by atoms with Crippen LogP contribution in [-0.2, 0) is 49.6 Å². The molecule has 12 heterocycles. The number of rotatable bonds is 16. The van der Waals surface area contributed by atoms with Gasteiger partial charge in [-0.25, -0.2) is 49.6 Å². The van der Waals surface area contributed by atoms with E-state index < -0.39 is 40.1 Å². The number of nitrogens with zero attached hydrogens (tertiary/aromatic N) is 12. The second-order valence-corrected chi connectivity index (χ2v) is 39.3. The lowest BCUT2D eigenvalue weighted by atomic mass is 9.97. The maximum Gasteiger partial charge on any atom is 0.268 e. The molecule has 0 radical (unpaired) electrons. The monoisotopic (exact) mass is 1880 g/mol. The summed E-state index contributed by atoms with van der Waals surface area (Å²) in [5.74, 6) is 0. The molecule has 0 unspecified atom stereocenters. The second-order valence-electron chi connectivity index (χ2n) is 32.1. The molecule has 8 aromatic carbocycles. The number of morpholine rings is 2. The molecule has 6 aliphatic heterocycles. The van der Waals surface area contributed by atoms with Crippen molar-refractivity contribution < 1.29 is 43.1 Å². The van der Waals surface area contributed by atoms with Gasteiger partial charge in [-0.2, -0.15) is 0 Å². The normalized spacial score (nSPS) is 16.2. The Morgan fingerprint density at radius 1 is 0.281 bits per heavy atom. The van der Waals surface area contributed by atoms with Crippen LogP contribution >= 0.6 is 49.6 Å². The van der Waals surface area contributed by atoms with Gasteiger partial charge in [0.2, 0.25) is 0 Å². The SMILES string of the molecule is CN1CC=C(c2cn(S(=O)(=O)c3ccccc3)c3cc(-c4ccccn4)ccc23)CC1.CN1CC=C(c2cn(S(=O)(=O)c3ccccc3)c3cc(N4CCOCC4)ccc23)CC1.CN1CC=C(c2cn(S(=O)(=O)c3ccccc3)c3ccc(-c4ccccn4)cc23)CC1.CN1CC=C(c2cn(S(=O)(=O)c3ccccc3)c3ccc(N4CCOCC4)cc23)CC1.Cl.Cl.Cl.Cl. The molecule has 0 amide bonds. The van der Waals surface area contributed by atoms with Gasteiger partial charge >= 0.3 is 0 Å². The van der Waals surface area contributed by atoms with Gasteiger partial charge in [0, 0.05) is 182 Å². The van der Waals surface area contributed by atoms with E-state index in [4.69, 9.17) is 9.47 Å². The van der Waals surface area contributed by atoms with Crippen LogP contribution < -0.4 is 9.80 Å². The molecule has 668 valence electrons. The Morgan fingerprint density at radius 2 is 0.570 bits per heavy atom. The first-order valence-corrected chi connectivity index (χ1v) is 47.7. The van der Waals surface area contributed by atoms with Crippen molar-refractivity contribution in [2.75, 3.05) is 143 Å². The highest BCUT2D eigenvalue weighted by Gasteiger charge is 2.31.